The summed E-state index contributed by atoms with van der Waals surface area (Å²) in [4.78, 5) is 4.06. The van der Waals surface area contributed by atoms with Gasteiger partial charge in [0.1, 0.15) is 23.9 Å². The van der Waals surface area contributed by atoms with Gasteiger partial charge in [-0.2, -0.15) is 10.2 Å². The molecule has 10 nitrogen and oxygen atoms in total. The predicted octanol–water partition coefficient (Wildman–Crippen LogP) is 7.00. The molecule has 4 N–H and O–H groups in total. The molecule has 0 unspecified atom stereocenters. The van der Waals surface area contributed by atoms with Crippen LogP contribution >= 0.6 is 0 Å². The third kappa shape index (κ3) is 10.4. The van der Waals surface area contributed by atoms with Gasteiger partial charge in [-0.3, -0.25) is 14.4 Å². The van der Waals surface area contributed by atoms with Gasteiger partial charge in [-0.25, -0.2) is 0 Å². The zero-order valence-electron chi connectivity index (χ0n) is 28.5. The molecule has 10 heteroatoms. The number of nitrogens with zero attached hydrogens (tertiary/aromatic N) is 5. The molecule has 4 aromatic carbocycles. The van der Waals surface area contributed by atoms with Crippen LogP contribution in [0.25, 0.3) is 21.8 Å². The third-order valence-corrected chi connectivity index (χ3v) is 7.98. The zero-order valence-corrected chi connectivity index (χ0v) is 28.5. The van der Waals surface area contributed by atoms with Crippen molar-refractivity contribution in [1.29, 1.82) is 0 Å². The van der Waals surface area contributed by atoms with Crippen LogP contribution in [0, 0.1) is 0 Å². The van der Waals surface area contributed by atoms with E-state index in [2.05, 4.69) is 15.2 Å². The van der Waals surface area contributed by atoms with Gasteiger partial charge in [0.25, 0.3) is 0 Å². The normalized spacial score (nSPS) is 12.3. The van der Waals surface area contributed by atoms with Crippen molar-refractivity contribution in [3.63, 3.8) is 0 Å². The molecule has 0 aliphatic carbocycles. The van der Waals surface area contributed by atoms with E-state index in [1.54, 1.807) is 49.0 Å². The lowest BCUT2D eigenvalue weighted by atomic mass is 10.1. The van der Waals surface area contributed by atoms with Crippen molar-refractivity contribution in [2.24, 2.45) is 4.99 Å². The quantitative estimate of drug-likeness (QED) is 0.131. The Bertz CT molecular complexity index is 2000. The highest BCUT2D eigenvalue weighted by molar-refractivity contribution is 5.84. The summed E-state index contributed by atoms with van der Waals surface area (Å²) in [5.74, 6) is 1.38. The van der Waals surface area contributed by atoms with Crippen LogP contribution in [-0.4, -0.2) is 57.4 Å². The maximum atomic E-state index is 9.89. The SMILES string of the molecule is CC(C)(O)CCn1ncc2ccc(O)cc21.CC(C)(O)CCn1ncc2ccc(OCc3ccccc3)cc21.Oc1ccc2c(c1)CN=C2. The zero-order chi connectivity index (χ0) is 35.0. The molecule has 49 heavy (non-hydrogen) atoms. The lowest BCUT2D eigenvalue weighted by Gasteiger charge is -2.17. The van der Waals surface area contributed by atoms with Gasteiger partial charge in [-0.15, -0.1) is 0 Å². The first-order chi connectivity index (χ1) is 23.3. The average Bonchev–Trinajstić information content (AvgIpc) is 3.80. The smallest absolute Gasteiger partial charge is 0.121 e. The van der Waals surface area contributed by atoms with E-state index in [4.69, 9.17) is 9.84 Å². The Morgan fingerprint density at radius 3 is 1.90 bits per heavy atom. The molecule has 0 fully saturated rings. The van der Waals surface area contributed by atoms with E-state index in [0.29, 0.717) is 44.8 Å². The minimum atomic E-state index is -0.699. The van der Waals surface area contributed by atoms with Crippen molar-refractivity contribution in [2.75, 3.05) is 0 Å². The molecule has 256 valence electrons. The van der Waals surface area contributed by atoms with Gasteiger partial charge in [0.05, 0.1) is 41.2 Å². The minimum absolute atomic E-state index is 0.234. The number of aryl methyl sites for hydroxylation is 2. The molecule has 2 aromatic heterocycles. The summed E-state index contributed by atoms with van der Waals surface area (Å²) < 4.78 is 9.60. The van der Waals surface area contributed by atoms with Crippen LogP contribution in [0.2, 0.25) is 0 Å². The number of phenolic OH excluding ortho intramolecular Hbond substituents is 2. The van der Waals surface area contributed by atoms with E-state index in [0.717, 1.165) is 44.2 Å². The van der Waals surface area contributed by atoms with Crippen LogP contribution in [0.3, 0.4) is 0 Å². The maximum Gasteiger partial charge on any atom is 0.121 e. The van der Waals surface area contributed by atoms with Crippen molar-refractivity contribution in [3.8, 4) is 17.2 Å². The lowest BCUT2D eigenvalue weighted by molar-refractivity contribution is 0.0649. The molecule has 3 heterocycles. The van der Waals surface area contributed by atoms with E-state index >= 15 is 0 Å². The summed E-state index contributed by atoms with van der Waals surface area (Å²) in [5, 5.41) is 48.7. The largest absolute Gasteiger partial charge is 0.508 e. The minimum Gasteiger partial charge on any atom is -0.508 e. The van der Waals surface area contributed by atoms with E-state index < -0.39 is 11.2 Å². The molecule has 0 atom stereocenters. The van der Waals surface area contributed by atoms with Crippen molar-refractivity contribution in [1.82, 2.24) is 19.6 Å². The number of aromatic hydroxyl groups is 2. The number of phenols is 2. The summed E-state index contributed by atoms with van der Waals surface area (Å²) in [6.45, 7) is 9.74. The van der Waals surface area contributed by atoms with E-state index in [9.17, 15) is 15.3 Å². The van der Waals surface area contributed by atoms with Crippen LogP contribution in [0.1, 0.15) is 57.2 Å². The van der Waals surface area contributed by atoms with Gasteiger partial charge < -0.3 is 25.2 Å². The van der Waals surface area contributed by atoms with Crippen LogP contribution in [0.15, 0.2) is 102 Å². The van der Waals surface area contributed by atoms with E-state index in [1.807, 2.05) is 91.6 Å². The molecular weight excluding hydrogens is 618 g/mol. The fraction of sp³-hybridized carbons (Fsp3) is 0.308. The summed E-state index contributed by atoms with van der Waals surface area (Å²) in [5.41, 5.74) is 3.90. The second kappa shape index (κ2) is 15.4. The Balaban J connectivity index is 0.000000155. The first kappa shape index (κ1) is 35.1. The summed E-state index contributed by atoms with van der Waals surface area (Å²) in [6.07, 6.45) is 6.72. The first-order valence-corrected chi connectivity index (χ1v) is 16.4. The molecule has 0 saturated carbocycles. The molecular formula is C39H45N5O5. The van der Waals surface area contributed by atoms with Crippen molar-refractivity contribution in [2.45, 2.75) is 78.0 Å². The Labute approximate surface area is 286 Å². The average molecular weight is 664 g/mol. The van der Waals surface area contributed by atoms with Gasteiger partial charge in [0, 0.05) is 42.2 Å². The van der Waals surface area contributed by atoms with Crippen LogP contribution in [0.5, 0.6) is 17.2 Å². The molecule has 1 aliphatic rings. The van der Waals surface area contributed by atoms with Crippen molar-refractivity contribution >= 4 is 28.0 Å². The number of ether oxygens (including phenoxy) is 1. The summed E-state index contributed by atoms with van der Waals surface area (Å²) in [6, 6.07) is 26.6. The Hall–Kier alpha value is -5.19. The fourth-order valence-corrected chi connectivity index (χ4v) is 5.15. The maximum absolute atomic E-state index is 9.89. The predicted molar refractivity (Wildman–Crippen MR) is 193 cm³/mol. The second-order valence-corrected chi connectivity index (χ2v) is 13.5. The monoisotopic (exact) mass is 663 g/mol. The first-order valence-electron chi connectivity index (χ1n) is 16.4. The number of hydrogen-bond acceptors (Lipinski definition) is 8. The molecule has 0 bridgehead atoms. The standard InChI is InChI=1S/C19H22N2O2.C12H16N2O2.C8H7NO/c1-19(2,22)10-11-21-18-12-17(9-8-16(18)13-20-21)23-14-15-6-4-3-5-7-15;1-12(2,16)5-6-14-11-7-10(15)4-3-9(11)8-13-14;10-8-2-1-6-4-9-5-7(6)3-8/h3-9,12-13,22H,10-11,14H2,1-2H3;3-4,7-8,15-16H,5-6H2,1-2H3;1-4,10H,5H2. The van der Waals surface area contributed by atoms with Gasteiger partial charge in [0.15, 0.2) is 0 Å². The number of benzene rings is 4. The highest BCUT2D eigenvalue weighted by Crippen LogP contribution is 2.24. The van der Waals surface area contributed by atoms with Crippen molar-refractivity contribution < 1.29 is 25.2 Å². The van der Waals surface area contributed by atoms with Gasteiger partial charge in [0.2, 0.25) is 0 Å². The molecule has 1 aliphatic heterocycles. The molecule has 7 rings (SSSR count). The number of aliphatic imine (C=N–C) groups is 1. The Morgan fingerprint density at radius 2 is 1.27 bits per heavy atom. The Kier molecular flexibility index (Phi) is 11.0. The van der Waals surface area contributed by atoms with Gasteiger partial charge in [-0.1, -0.05) is 30.3 Å². The number of rotatable bonds is 9. The number of aliphatic hydroxyl groups is 2. The van der Waals surface area contributed by atoms with Gasteiger partial charge in [-0.05, 0) is 99.7 Å². The number of aromatic nitrogens is 4. The lowest BCUT2D eigenvalue weighted by Crippen LogP contribution is -2.21. The van der Waals surface area contributed by atoms with Crippen LogP contribution < -0.4 is 4.74 Å². The number of fused-ring (bicyclic) bond motifs is 3. The van der Waals surface area contributed by atoms with Gasteiger partial charge >= 0.3 is 0 Å². The molecule has 6 aromatic rings. The second-order valence-electron chi connectivity index (χ2n) is 13.5. The molecule has 0 saturated heterocycles. The summed E-state index contributed by atoms with van der Waals surface area (Å²) >= 11 is 0. The molecule has 0 amide bonds. The van der Waals surface area contributed by atoms with E-state index in [1.165, 1.54) is 0 Å². The molecule has 0 spiro atoms. The van der Waals surface area contributed by atoms with E-state index in [-0.39, 0.29) is 5.75 Å². The highest BCUT2D eigenvalue weighted by atomic mass is 16.5. The molecule has 0 radical (unpaired) electrons. The third-order valence-electron chi connectivity index (χ3n) is 7.98. The highest BCUT2D eigenvalue weighted by Gasteiger charge is 2.15. The van der Waals surface area contributed by atoms with Crippen LogP contribution in [-0.2, 0) is 26.2 Å². The summed E-state index contributed by atoms with van der Waals surface area (Å²) in [7, 11) is 0. The Morgan fingerprint density at radius 1 is 0.694 bits per heavy atom. The van der Waals surface area contributed by atoms with Crippen molar-refractivity contribution in [3.05, 3.63) is 114 Å². The number of hydrogen-bond donors (Lipinski definition) is 4. The topological polar surface area (TPSA) is 138 Å². The van der Waals surface area contributed by atoms with Crippen LogP contribution in [0.4, 0.5) is 0 Å². The fourth-order valence-electron chi connectivity index (χ4n) is 5.15.